The molecule has 4 aliphatic rings. The minimum absolute atomic E-state index is 0.104. The van der Waals surface area contributed by atoms with Gasteiger partial charge >= 0.3 is 23.9 Å². The maximum Gasteiger partial charge on any atom is 0.417 e. The van der Waals surface area contributed by atoms with E-state index in [1.54, 1.807) is 49.5 Å². The number of aromatic amines is 1. The van der Waals surface area contributed by atoms with Crippen molar-refractivity contribution in [3.05, 3.63) is 83.7 Å². The number of cyclic esters (lactones) is 1. The zero-order chi connectivity index (χ0) is 35.0. The Balaban J connectivity index is 1.27. The molecular formula is C37H43NO11. The highest BCUT2D eigenvalue weighted by Gasteiger charge is 2.69. The van der Waals surface area contributed by atoms with Gasteiger partial charge in [-0.1, -0.05) is 62.4 Å². The highest BCUT2D eigenvalue weighted by molar-refractivity contribution is 6.29. The van der Waals surface area contributed by atoms with Crippen LogP contribution < -0.4 is 0 Å². The van der Waals surface area contributed by atoms with E-state index in [1.165, 1.54) is 7.11 Å². The summed E-state index contributed by atoms with van der Waals surface area (Å²) < 4.78 is 35.2. The van der Waals surface area contributed by atoms with Crippen molar-refractivity contribution in [3.8, 4) is 0 Å². The Kier molecular flexibility index (Phi) is 9.83. The zero-order valence-electron chi connectivity index (χ0n) is 28.1. The molecule has 1 aromatic carbocycles. The summed E-state index contributed by atoms with van der Waals surface area (Å²) in [5.41, 5.74) is 0.720. The molecular weight excluding hydrogens is 634 g/mol. The molecule has 1 aromatic heterocycles. The standard InChI is InChI=1S/C37H43NO11/c1-19-16-20(2)37-24(13-14-25-28(37)29(39)21(3)31(32(25)49-37)48-33(40)26-12-9-15-38-26)17-27(44-5)34(41)47-30(19)22(4)46-36(43)35(42)45-18-23-10-7-6-8-11-23/h6-16,19,21-22,24-25,27-32,38-39H,17-18H2,1-5H3/b20-16+/t19-,21-,22-,24-,25?,27+,28?,29-,30+,31-,32-,37+/m1/s1. The third-order valence-corrected chi connectivity index (χ3v) is 10.6. The van der Waals surface area contributed by atoms with Gasteiger partial charge in [0.1, 0.15) is 42.3 Å². The Morgan fingerprint density at radius 3 is 2.53 bits per heavy atom. The van der Waals surface area contributed by atoms with Crippen molar-refractivity contribution in [2.45, 2.75) is 82.9 Å². The number of hydrogen-bond acceptors (Lipinski definition) is 11. The molecule has 49 heavy (non-hydrogen) atoms. The molecule has 2 unspecified atom stereocenters. The van der Waals surface area contributed by atoms with Gasteiger partial charge in [0.05, 0.1) is 6.10 Å². The van der Waals surface area contributed by atoms with Crippen LogP contribution in [0.15, 0.2) is 72.5 Å². The van der Waals surface area contributed by atoms with E-state index in [1.807, 2.05) is 45.1 Å². The number of benzene rings is 1. The molecule has 4 bridgehead atoms. The highest BCUT2D eigenvalue weighted by Crippen LogP contribution is 2.61. The molecule has 6 rings (SSSR count). The van der Waals surface area contributed by atoms with Crippen LogP contribution >= 0.6 is 0 Å². The number of aliphatic hydroxyl groups excluding tert-OH is 1. The van der Waals surface area contributed by atoms with Crippen LogP contribution in [0.1, 0.15) is 50.2 Å². The number of nitrogens with one attached hydrogen (secondary N) is 1. The van der Waals surface area contributed by atoms with E-state index in [9.17, 15) is 24.3 Å². The number of ether oxygens (including phenoxy) is 6. The van der Waals surface area contributed by atoms with E-state index in [4.69, 9.17) is 28.4 Å². The fourth-order valence-corrected chi connectivity index (χ4v) is 8.20. The molecule has 2 aromatic rings. The summed E-state index contributed by atoms with van der Waals surface area (Å²) in [6.07, 6.45) is 2.42. The Labute approximate surface area is 284 Å². The van der Waals surface area contributed by atoms with Gasteiger partial charge in [-0.05, 0) is 43.5 Å². The van der Waals surface area contributed by atoms with Crippen molar-refractivity contribution in [2.75, 3.05) is 7.11 Å². The lowest BCUT2D eigenvalue weighted by atomic mass is 9.57. The van der Waals surface area contributed by atoms with Crippen LogP contribution in [0, 0.1) is 29.6 Å². The van der Waals surface area contributed by atoms with Crippen LogP contribution in [0.5, 0.6) is 0 Å². The highest BCUT2D eigenvalue weighted by atomic mass is 16.6. The largest absolute Gasteiger partial charge is 0.456 e. The zero-order valence-corrected chi connectivity index (χ0v) is 28.1. The number of aliphatic hydroxyl groups is 1. The first kappa shape index (κ1) is 34.6. The van der Waals surface area contributed by atoms with E-state index in [-0.39, 0.29) is 18.9 Å². The molecule has 12 nitrogen and oxygen atoms in total. The predicted molar refractivity (Wildman–Crippen MR) is 172 cm³/mol. The lowest BCUT2D eigenvalue weighted by Gasteiger charge is -2.48. The molecule has 262 valence electrons. The number of methoxy groups -OCH3 is 1. The van der Waals surface area contributed by atoms with Gasteiger partial charge in [0, 0.05) is 42.9 Å². The van der Waals surface area contributed by atoms with Crippen molar-refractivity contribution in [3.63, 3.8) is 0 Å². The van der Waals surface area contributed by atoms with Crippen LogP contribution in [0.4, 0.5) is 0 Å². The molecule has 2 N–H and O–H groups in total. The fraction of sp³-hybridized carbons (Fsp3) is 0.514. The first-order valence-corrected chi connectivity index (χ1v) is 16.7. The van der Waals surface area contributed by atoms with Gasteiger partial charge in [-0.15, -0.1) is 0 Å². The van der Waals surface area contributed by atoms with E-state index in [0.717, 1.165) is 5.57 Å². The third-order valence-electron chi connectivity index (χ3n) is 10.6. The monoisotopic (exact) mass is 677 g/mol. The second-order valence-electron chi connectivity index (χ2n) is 13.5. The van der Waals surface area contributed by atoms with Crippen molar-refractivity contribution in [1.82, 2.24) is 4.98 Å². The van der Waals surface area contributed by atoms with Gasteiger partial charge in [-0.2, -0.15) is 0 Å². The Morgan fingerprint density at radius 2 is 1.84 bits per heavy atom. The number of aromatic nitrogens is 1. The smallest absolute Gasteiger partial charge is 0.417 e. The number of hydrogen-bond donors (Lipinski definition) is 2. The van der Waals surface area contributed by atoms with E-state index in [2.05, 4.69) is 4.98 Å². The van der Waals surface area contributed by atoms with Crippen LogP contribution in [-0.4, -0.2) is 83.3 Å². The van der Waals surface area contributed by atoms with Gasteiger partial charge in [0.15, 0.2) is 6.10 Å². The molecule has 1 spiro atoms. The fourth-order valence-electron chi connectivity index (χ4n) is 8.20. The number of carbonyl (C=O) groups excluding carboxylic acids is 4. The van der Waals surface area contributed by atoms with Crippen LogP contribution in [0.25, 0.3) is 0 Å². The van der Waals surface area contributed by atoms with Crippen LogP contribution in [0.2, 0.25) is 0 Å². The summed E-state index contributed by atoms with van der Waals surface area (Å²) in [6.45, 7) is 7.02. The molecule has 3 heterocycles. The lowest BCUT2D eigenvalue weighted by Crippen LogP contribution is -2.57. The number of esters is 4. The van der Waals surface area contributed by atoms with Crippen molar-refractivity contribution in [2.24, 2.45) is 29.6 Å². The van der Waals surface area contributed by atoms with Crippen molar-refractivity contribution >= 4 is 23.9 Å². The van der Waals surface area contributed by atoms with E-state index < -0.39 is 89.8 Å². The second kappa shape index (κ2) is 13.9. The Hall–Kier alpha value is -4.26. The molecule has 12 heteroatoms. The summed E-state index contributed by atoms with van der Waals surface area (Å²) in [4.78, 5) is 54.8. The topological polar surface area (TPSA) is 160 Å². The summed E-state index contributed by atoms with van der Waals surface area (Å²) in [6, 6.07) is 12.2. The summed E-state index contributed by atoms with van der Waals surface area (Å²) in [7, 11) is 1.41. The molecule has 0 radical (unpaired) electrons. The number of H-pyrrole nitrogens is 1. The average molecular weight is 678 g/mol. The van der Waals surface area contributed by atoms with Gasteiger partial charge < -0.3 is 38.5 Å². The Bertz CT molecular complexity index is 1600. The van der Waals surface area contributed by atoms with Gasteiger partial charge in [0.25, 0.3) is 0 Å². The van der Waals surface area contributed by atoms with Crippen LogP contribution in [-0.2, 0) is 49.4 Å². The normalized spacial score (nSPS) is 36.7. The third kappa shape index (κ3) is 6.33. The minimum atomic E-state index is -1.21. The second-order valence-corrected chi connectivity index (χ2v) is 13.5. The summed E-state index contributed by atoms with van der Waals surface area (Å²) in [5.74, 6) is -5.65. The lowest BCUT2D eigenvalue weighted by molar-refractivity contribution is -0.184. The Morgan fingerprint density at radius 1 is 1.08 bits per heavy atom. The van der Waals surface area contributed by atoms with Gasteiger partial charge in [-0.3, -0.25) is 0 Å². The van der Waals surface area contributed by atoms with Crippen molar-refractivity contribution < 1.29 is 52.7 Å². The maximum absolute atomic E-state index is 13.6. The SMILES string of the molecule is CO[C@H]1C[C@H]2C=CC3C4[C@H](O)[C@@H](C)[C@@H](OC(=O)c5ccc[nH]5)[C@@H]3O[C@]42/C(C)=C/[C@@H](C)[C@@H]([C@@H](C)OC(=O)C(=O)OCc2ccccc2)OC1=O. The van der Waals surface area contributed by atoms with Crippen molar-refractivity contribution in [1.29, 1.82) is 0 Å². The van der Waals surface area contributed by atoms with E-state index >= 15 is 0 Å². The molecule has 12 atom stereocenters. The maximum atomic E-state index is 13.6. The summed E-state index contributed by atoms with van der Waals surface area (Å²) >= 11 is 0. The number of rotatable bonds is 7. The first-order chi connectivity index (χ1) is 23.5. The van der Waals surface area contributed by atoms with Crippen LogP contribution in [0.3, 0.4) is 0 Å². The molecule has 2 fully saturated rings. The van der Waals surface area contributed by atoms with Gasteiger partial charge in [-0.25, -0.2) is 19.2 Å². The minimum Gasteiger partial charge on any atom is -0.456 e. The molecule has 2 aliphatic carbocycles. The average Bonchev–Trinajstić information content (AvgIpc) is 3.70. The first-order valence-electron chi connectivity index (χ1n) is 16.7. The molecule has 2 aliphatic heterocycles. The predicted octanol–water partition coefficient (Wildman–Crippen LogP) is 3.69. The summed E-state index contributed by atoms with van der Waals surface area (Å²) in [5, 5.41) is 11.9. The quantitative estimate of drug-likeness (QED) is 0.190. The number of carbonyl (C=O) groups is 4. The molecule has 0 amide bonds. The molecule has 1 saturated carbocycles. The van der Waals surface area contributed by atoms with Gasteiger partial charge in [0.2, 0.25) is 0 Å². The van der Waals surface area contributed by atoms with E-state index in [0.29, 0.717) is 11.3 Å². The molecule has 1 saturated heterocycles.